The van der Waals surface area contributed by atoms with Gasteiger partial charge >= 0.3 is 0 Å². The van der Waals surface area contributed by atoms with Crippen molar-refractivity contribution in [2.45, 2.75) is 20.8 Å². The van der Waals surface area contributed by atoms with Crippen LogP contribution in [0.3, 0.4) is 0 Å². The van der Waals surface area contributed by atoms with Gasteiger partial charge in [0.15, 0.2) is 0 Å². The molecule has 0 aromatic carbocycles. The second-order valence-electron chi connectivity index (χ2n) is 3.97. The molecule has 1 N–H and O–H groups in total. The average Bonchev–Trinajstić information content (AvgIpc) is 2.54. The fraction of sp³-hybridized carbons (Fsp3) is 0.800. The average molecular weight is 154 g/mol. The first-order valence-electron chi connectivity index (χ1n) is 4.32. The van der Waals surface area contributed by atoms with Crippen LogP contribution in [0.15, 0.2) is 12.7 Å². The van der Waals surface area contributed by atoms with Gasteiger partial charge in [-0.15, -0.1) is 6.58 Å². The predicted molar refractivity (Wildman–Crippen MR) is 47.2 cm³/mol. The number of aliphatic hydroxyl groups is 1. The second kappa shape index (κ2) is 2.63. The summed E-state index contributed by atoms with van der Waals surface area (Å²) in [7, 11) is 0. The molecule has 1 aliphatic carbocycles. The fourth-order valence-corrected chi connectivity index (χ4v) is 2.22. The summed E-state index contributed by atoms with van der Waals surface area (Å²) in [4.78, 5) is 0. The van der Waals surface area contributed by atoms with Gasteiger partial charge in [0.25, 0.3) is 0 Å². The molecule has 0 spiro atoms. The summed E-state index contributed by atoms with van der Waals surface area (Å²) in [5.41, 5.74) is 0.316. The smallest absolute Gasteiger partial charge is 0.0467 e. The van der Waals surface area contributed by atoms with Crippen LogP contribution in [0.25, 0.3) is 0 Å². The molecule has 0 amide bonds. The van der Waals surface area contributed by atoms with Gasteiger partial charge in [-0.3, -0.25) is 0 Å². The van der Waals surface area contributed by atoms with Gasteiger partial charge in [0.2, 0.25) is 0 Å². The third-order valence-corrected chi connectivity index (χ3v) is 3.81. The van der Waals surface area contributed by atoms with Crippen molar-refractivity contribution in [2.24, 2.45) is 23.2 Å². The van der Waals surface area contributed by atoms with E-state index in [0.717, 1.165) is 0 Å². The van der Waals surface area contributed by atoms with Crippen molar-refractivity contribution in [1.82, 2.24) is 0 Å². The zero-order valence-electron chi connectivity index (χ0n) is 7.67. The highest BCUT2D eigenvalue weighted by Crippen LogP contribution is 2.62. The molecule has 1 rings (SSSR count). The SMILES string of the molecule is C=CC(C)[C@@]1(C)C(C)[C@H]1CO. The van der Waals surface area contributed by atoms with Crippen molar-refractivity contribution in [3.8, 4) is 0 Å². The monoisotopic (exact) mass is 154 g/mol. The lowest BCUT2D eigenvalue weighted by atomic mass is 9.89. The van der Waals surface area contributed by atoms with Crippen LogP contribution in [0, 0.1) is 23.2 Å². The zero-order valence-corrected chi connectivity index (χ0v) is 7.67. The first-order chi connectivity index (χ1) is 5.08. The highest BCUT2D eigenvalue weighted by Gasteiger charge is 2.59. The Hall–Kier alpha value is -0.300. The summed E-state index contributed by atoms with van der Waals surface area (Å²) >= 11 is 0. The normalized spacial score (nSPS) is 45.1. The van der Waals surface area contributed by atoms with Gasteiger partial charge in [0, 0.05) is 6.61 Å². The van der Waals surface area contributed by atoms with E-state index in [1.807, 2.05) is 6.08 Å². The van der Waals surface area contributed by atoms with Crippen molar-refractivity contribution in [2.75, 3.05) is 6.61 Å². The van der Waals surface area contributed by atoms with Gasteiger partial charge in [-0.2, -0.15) is 0 Å². The number of hydrogen-bond acceptors (Lipinski definition) is 1. The summed E-state index contributed by atoms with van der Waals surface area (Å²) in [6.07, 6.45) is 1.99. The van der Waals surface area contributed by atoms with Crippen molar-refractivity contribution in [3.05, 3.63) is 12.7 Å². The van der Waals surface area contributed by atoms with E-state index in [2.05, 4.69) is 27.4 Å². The molecule has 1 saturated carbocycles. The van der Waals surface area contributed by atoms with Crippen LogP contribution in [-0.4, -0.2) is 11.7 Å². The standard InChI is InChI=1S/C10H18O/c1-5-7(2)10(4)8(3)9(10)6-11/h5,7-9,11H,1,6H2,2-4H3/t7?,8?,9-,10+/m1/s1. The molecule has 0 heterocycles. The maximum absolute atomic E-state index is 9.02. The first kappa shape index (κ1) is 8.79. The number of allylic oxidation sites excluding steroid dienone is 1. The predicted octanol–water partition coefficient (Wildman–Crippen LogP) is 2.07. The molecular formula is C10H18O. The van der Waals surface area contributed by atoms with Crippen LogP contribution in [0.5, 0.6) is 0 Å². The van der Waals surface area contributed by atoms with Crippen molar-refractivity contribution in [1.29, 1.82) is 0 Å². The molecular weight excluding hydrogens is 136 g/mol. The van der Waals surface area contributed by atoms with E-state index in [9.17, 15) is 0 Å². The second-order valence-corrected chi connectivity index (χ2v) is 3.97. The van der Waals surface area contributed by atoms with Crippen LogP contribution in [0.2, 0.25) is 0 Å². The summed E-state index contributed by atoms with van der Waals surface area (Å²) < 4.78 is 0. The lowest BCUT2D eigenvalue weighted by Gasteiger charge is -2.16. The summed E-state index contributed by atoms with van der Waals surface area (Å²) in [6.45, 7) is 10.7. The molecule has 1 aliphatic rings. The van der Waals surface area contributed by atoms with Crippen molar-refractivity contribution in [3.63, 3.8) is 0 Å². The van der Waals surface area contributed by atoms with Crippen LogP contribution < -0.4 is 0 Å². The number of hydrogen-bond donors (Lipinski definition) is 1. The molecule has 11 heavy (non-hydrogen) atoms. The van der Waals surface area contributed by atoms with E-state index < -0.39 is 0 Å². The van der Waals surface area contributed by atoms with E-state index in [1.165, 1.54) is 0 Å². The zero-order chi connectivity index (χ0) is 8.65. The first-order valence-corrected chi connectivity index (χ1v) is 4.32. The number of aliphatic hydroxyl groups excluding tert-OH is 1. The Morgan fingerprint density at radius 2 is 2.27 bits per heavy atom. The third kappa shape index (κ3) is 1.02. The molecule has 0 radical (unpaired) electrons. The van der Waals surface area contributed by atoms with E-state index in [0.29, 0.717) is 29.8 Å². The minimum Gasteiger partial charge on any atom is -0.396 e. The van der Waals surface area contributed by atoms with E-state index >= 15 is 0 Å². The minimum atomic E-state index is 0.316. The van der Waals surface area contributed by atoms with Gasteiger partial charge in [-0.05, 0) is 23.2 Å². The van der Waals surface area contributed by atoms with Gasteiger partial charge in [0.1, 0.15) is 0 Å². The molecule has 4 atom stereocenters. The summed E-state index contributed by atoms with van der Waals surface area (Å²) in [6, 6.07) is 0. The molecule has 0 saturated heterocycles. The molecule has 0 aromatic heterocycles. The third-order valence-electron chi connectivity index (χ3n) is 3.81. The molecule has 1 nitrogen and oxygen atoms in total. The van der Waals surface area contributed by atoms with E-state index in [-0.39, 0.29) is 0 Å². The fourth-order valence-electron chi connectivity index (χ4n) is 2.22. The Morgan fingerprint density at radius 3 is 2.55 bits per heavy atom. The van der Waals surface area contributed by atoms with Crippen LogP contribution >= 0.6 is 0 Å². The Bertz CT molecular complexity index is 164. The van der Waals surface area contributed by atoms with Crippen LogP contribution in [0.1, 0.15) is 20.8 Å². The molecule has 0 bridgehead atoms. The van der Waals surface area contributed by atoms with Gasteiger partial charge in [0.05, 0.1) is 0 Å². The maximum Gasteiger partial charge on any atom is 0.0467 e. The molecule has 1 heteroatoms. The van der Waals surface area contributed by atoms with Gasteiger partial charge < -0.3 is 5.11 Å². The molecule has 64 valence electrons. The molecule has 0 aromatic rings. The molecule has 2 unspecified atom stereocenters. The van der Waals surface area contributed by atoms with Crippen LogP contribution in [-0.2, 0) is 0 Å². The quantitative estimate of drug-likeness (QED) is 0.617. The molecule has 0 aliphatic heterocycles. The Labute approximate surface area is 69.1 Å². The summed E-state index contributed by atoms with van der Waals surface area (Å²) in [5.74, 6) is 1.67. The highest BCUT2D eigenvalue weighted by molar-refractivity contribution is 5.11. The lowest BCUT2D eigenvalue weighted by molar-refractivity contribution is 0.239. The van der Waals surface area contributed by atoms with Gasteiger partial charge in [-0.1, -0.05) is 26.8 Å². The topological polar surface area (TPSA) is 20.2 Å². The Balaban J connectivity index is 2.64. The summed E-state index contributed by atoms with van der Waals surface area (Å²) in [5, 5.41) is 9.02. The Kier molecular flexibility index (Phi) is 2.10. The lowest BCUT2D eigenvalue weighted by Crippen LogP contribution is -2.11. The molecule has 1 fully saturated rings. The van der Waals surface area contributed by atoms with Gasteiger partial charge in [-0.25, -0.2) is 0 Å². The van der Waals surface area contributed by atoms with Crippen LogP contribution in [0.4, 0.5) is 0 Å². The minimum absolute atomic E-state index is 0.316. The van der Waals surface area contributed by atoms with Crippen molar-refractivity contribution < 1.29 is 5.11 Å². The van der Waals surface area contributed by atoms with E-state index in [1.54, 1.807) is 0 Å². The largest absolute Gasteiger partial charge is 0.396 e. The highest BCUT2D eigenvalue weighted by atomic mass is 16.3. The maximum atomic E-state index is 9.02. The van der Waals surface area contributed by atoms with E-state index in [4.69, 9.17) is 5.11 Å². The number of rotatable bonds is 3. The Morgan fingerprint density at radius 1 is 1.73 bits per heavy atom. The van der Waals surface area contributed by atoms with Crippen molar-refractivity contribution >= 4 is 0 Å².